The molecule has 34 heavy (non-hydrogen) atoms. The number of benzene rings is 1. The molecule has 1 aromatic rings. The van der Waals surface area contributed by atoms with Gasteiger partial charge in [0.1, 0.15) is 0 Å². The fourth-order valence-electron chi connectivity index (χ4n) is 3.69. The van der Waals surface area contributed by atoms with Crippen LogP contribution in [0.15, 0.2) is 12.1 Å². The maximum atomic E-state index is 11.4. The minimum atomic E-state index is -1.57. The maximum absolute atomic E-state index is 11.4. The van der Waals surface area contributed by atoms with E-state index in [2.05, 4.69) is 12.2 Å². The van der Waals surface area contributed by atoms with Gasteiger partial charge in [0.05, 0.1) is 16.7 Å². The Labute approximate surface area is 270 Å². The Morgan fingerprint density at radius 3 is 1.29 bits per heavy atom. The van der Waals surface area contributed by atoms with E-state index in [4.69, 9.17) is 0 Å². The summed E-state index contributed by atoms with van der Waals surface area (Å²) in [7, 11) is 0. The minimum absolute atomic E-state index is 0. The van der Waals surface area contributed by atoms with Crippen LogP contribution < -0.4 is 5.32 Å². The van der Waals surface area contributed by atoms with Crippen molar-refractivity contribution in [3.8, 4) is 0 Å². The molecule has 0 saturated heterocycles. The number of hydrogen-bond acceptors (Lipinski definition) is 4. The Hall–Kier alpha value is 0.430. The van der Waals surface area contributed by atoms with Crippen LogP contribution in [0.1, 0.15) is 121 Å². The molecule has 10 heteroatoms. The van der Waals surface area contributed by atoms with Gasteiger partial charge in [-0.25, -0.2) is 14.4 Å². The summed E-state index contributed by atoms with van der Waals surface area (Å²) < 4.78 is 0. The number of aromatic carboxylic acids is 3. The van der Waals surface area contributed by atoms with Gasteiger partial charge >= 0.3 is 107 Å². The Balaban J connectivity index is -0.00000320. The molecule has 4 N–H and O–H groups in total. The first-order chi connectivity index (χ1) is 14.9. The van der Waals surface area contributed by atoms with Crippen molar-refractivity contribution in [1.82, 2.24) is 0 Å². The molecular weight excluding hydrogens is 467 g/mol. The predicted octanol–water partition coefficient (Wildman–Crippen LogP) is 4.34. The van der Waals surface area contributed by atoms with Crippen LogP contribution >= 0.6 is 0 Å². The van der Waals surface area contributed by atoms with Crippen molar-refractivity contribution < 1.29 is 29.7 Å². The predicted molar refractivity (Wildman–Crippen MR) is 143 cm³/mol. The Morgan fingerprint density at radius 2 is 0.971 bits per heavy atom. The van der Waals surface area contributed by atoms with Crippen LogP contribution in [-0.4, -0.2) is 128 Å². The van der Waals surface area contributed by atoms with Crippen LogP contribution in [0.3, 0.4) is 0 Å². The first-order valence-corrected chi connectivity index (χ1v) is 11.5. The summed E-state index contributed by atoms with van der Waals surface area (Å²) in [6, 6.07) is 2.36. The second kappa shape index (κ2) is 23.8. The van der Waals surface area contributed by atoms with Crippen molar-refractivity contribution in [3.05, 3.63) is 28.8 Å². The van der Waals surface area contributed by atoms with Crippen LogP contribution in [0.25, 0.3) is 0 Å². The van der Waals surface area contributed by atoms with Crippen molar-refractivity contribution in [1.29, 1.82) is 0 Å². The van der Waals surface area contributed by atoms with Gasteiger partial charge in [0.2, 0.25) is 0 Å². The number of carboxylic acids is 3. The summed E-state index contributed by atoms with van der Waals surface area (Å²) in [4.78, 5) is 34.1. The van der Waals surface area contributed by atoms with Gasteiger partial charge in [0, 0.05) is 12.2 Å². The molecule has 0 aliphatic carbocycles. The molecule has 0 aliphatic heterocycles. The van der Waals surface area contributed by atoms with Crippen molar-refractivity contribution in [2.45, 2.75) is 90.4 Å². The van der Waals surface area contributed by atoms with E-state index in [9.17, 15) is 29.7 Å². The normalized spacial score (nSPS) is 9.79. The summed E-state index contributed by atoms with van der Waals surface area (Å²) in [5.74, 6) is -4.51. The Kier molecular flexibility index (Phi) is 27.3. The standard InChI is InChI=1S/C24H37NO6.3Na.3H/c1-2-3-4-5-6-7-8-9-10-11-12-13-14-15-25-18-16-19(22(26)27)21(24(30)31)20(17-18)23(28)29;;;;;;/h16-17,25H,2-15H2,1H3,(H,26,27)(H,28,29)(H,30,31);;;;;;. The number of carbonyl (C=O) groups is 3. The second-order valence-corrected chi connectivity index (χ2v) is 8.03. The van der Waals surface area contributed by atoms with E-state index in [-0.39, 0.29) is 88.7 Å². The first kappa shape index (κ1) is 39.0. The van der Waals surface area contributed by atoms with E-state index in [1.165, 1.54) is 76.3 Å². The van der Waals surface area contributed by atoms with Crippen molar-refractivity contribution >= 4 is 112 Å². The zero-order valence-corrected chi connectivity index (χ0v) is 18.6. The van der Waals surface area contributed by atoms with Crippen LogP contribution in [0, 0.1) is 0 Å². The summed E-state index contributed by atoms with van der Waals surface area (Å²) in [6.07, 6.45) is 16.2. The number of anilines is 1. The van der Waals surface area contributed by atoms with E-state index in [1.807, 2.05) is 0 Å². The molecule has 0 heterocycles. The Bertz CT molecular complexity index is 696. The molecule has 1 aromatic carbocycles. The SMILES string of the molecule is CCCCCCCCCCCCCCCNc1cc(C(=O)O)c(C(=O)O)c(C(=O)O)c1.[NaH].[NaH].[NaH]. The molecule has 0 unspecified atom stereocenters. The van der Waals surface area contributed by atoms with Crippen LogP contribution in [0.5, 0.6) is 0 Å². The van der Waals surface area contributed by atoms with E-state index in [1.54, 1.807) is 0 Å². The van der Waals surface area contributed by atoms with Gasteiger partial charge in [-0.3, -0.25) is 0 Å². The third-order valence-corrected chi connectivity index (χ3v) is 5.42. The van der Waals surface area contributed by atoms with E-state index in [0.29, 0.717) is 12.2 Å². The van der Waals surface area contributed by atoms with Crippen LogP contribution in [0.2, 0.25) is 0 Å². The van der Waals surface area contributed by atoms with Gasteiger partial charge < -0.3 is 20.6 Å². The molecule has 7 nitrogen and oxygen atoms in total. The molecule has 0 aliphatic rings. The van der Waals surface area contributed by atoms with Crippen molar-refractivity contribution in [2.75, 3.05) is 11.9 Å². The number of carboxylic acid groups (broad SMARTS) is 3. The van der Waals surface area contributed by atoms with Gasteiger partial charge in [0.25, 0.3) is 0 Å². The molecule has 1 rings (SSSR count). The molecule has 0 aromatic heterocycles. The number of nitrogens with one attached hydrogen (secondary N) is 1. The van der Waals surface area contributed by atoms with Crippen molar-refractivity contribution in [3.63, 3.8) is 0 Å². The Morgan fingerprint density at radius 1 is 0.618 bits per heavy atom. The average Bonchev–Trinajstić information content (AvgIpc) is 2.73. The summed E-state index contributed by atoms with van der Waals surface area (Å²) >= 11 is 0. The molecule has 180 valence electrons. The van der Waals surface area contributed by atoms with E-state index in [0.717, 1.165) is 19.3 Å². The number of rotatable bonds is 18. The third-order valence-electron chi connectivity index (χ3n) is 5.42. The van der Waals surface area contributed by atoms with Gasteiger partial charge in [0.15, 0.2) is 0 Å². The van der Waals surface area contributed by atoms with E-state index >= 15 is 0 Å². The number of unbranched alkanes of at least 4 members (excludes halogenated alkanes) is 12. The summed E-state index contributed by atoms with van der Waals surface area (Å²) in [5.41, 5.74) is -1.45. The molecule has 0 bridgehead atoms. The zero-order valence-electron chi connectivity index (χ0n) is 18.6. The van der Waals surface area contributed by atoms with Crippen LogP contribution in [-0.2, 0) is 0 Å². The molecular formula is C24H40NNa3O6. The monoisotopic (exact) mass is 507 g/mol. The third kappa shape index (κ3) is 16.2. The van der Waals surface area contributed by atoms with Gasteiger partial charge in [-0.2, -0.15) is 0 Å². The molecule has 0 fully saturated rings. The quantitative estimate of drug-likeness (QED) is 0.172. The topological polar surface area (TPSA) is 124 Å². The van der Waals surface area contributed by atoms with Crippen LogP contribution in [0.4, 0.5) is 5.69 Å². The van der Waals surface area contributed by atoms with Gasteiger partial charge in [-0.1, -0.05) is 84.0 Å². The fraction of sp³-hybridized carbons (Fsp3) is 0.625. The molecule has 0 atom stereocenters. The first-order valence-electron chi connectivity index (χ1n) is 11.5. The summed E-state index contributed by atoms with van der Waals surface area (Å²) in [6.45, 7) is 2.81. The van der Waals surface area contributed by atoms with E-state index < -0.39 is 34.6 Å². The van der Waals surface area contributed by atoms with Gasteiger partial charge in [-0.15, -0.1) is 0 Å². The molecule has 0 spiro atoms. The number of hydrogen-bond donors (Lipinski definition) is 4. The summed E-state index contributed by atoms with van der Waals surface area (Å²) in [5, 5.41) is 30.7. The van der Waals surface area contributed by atoms with Gasteiger partial charge in [-0.05, 0) is 18.6 Å². The van der Waals surface area contributed by atoms with Crippen molar-refractivity contribution in [2.24, 2.45) is 0 Å². The molecule has 0 amide bonds. The second-order valence-electron chi connectivity index (χ2n) is 8.03. The zero-order chi connectivity index (χ0) is 23.1. The molecule has 0 saturated carbocycles. The fourth-order valence-corrected chi connectivity index (χ4v) is 3.69. The average molecular weight is 508 g/mol. The molecule has 0 radical (unpaired) electrons.